The summed E-state index contributed by atoms with van der Waals surface area (Å²) in [6, 6.07) is 8.25. The molecule has 114 valence electrons. The van der Waals surface area contributed by atoms with Gasteiger partial charge in [0.2, 0.25) is 5.89 Å². The molecule has 1 heterocycles. The van der Waals surface area contributed by atoms with E-state index >= 15 is 0 Å². The molecule has 0 saturated heterocycles. The molecule has 0 unspecified atom stereocenters. The molecule has 1 aromatic carbocycles. The third-order valence-electron chi connectivity index (χ3n) is 2.84. The van der Waals surface area contributed by atoms with Gasteiger partial charge in [0.1, 0.15) is 5.75 Å². The van der Waals surface area contributed by atoms with E-state index in [1.807, 2.05) is 24.3 Å². The normalized spacial score (nSPS) is 11.4. The summed E-state index contributed by atoms with van der Waals surface area (Å²) < 4.78 is 10.6. The maximum absolute atomic E-state index is 5.53. The SMILES string of the molecule is COc1ccc(CNc2nnc(CNC(C)(C)C)o2)cc1. The Kier molecular flexibility index (Phi) is 4.80. The molecule has 0 aliphatic heterocycles. The second-order valence-electron chi connectivity index (χ2n) is 5.81. The fourth-order valence-corrected chi connectivity index (χ4v) is 1.66. The van der Waals surface area contributed by atoms with Crippen LogP contribution < -0.4 is 15.4 Å². The Morgan fingerprint density at radius 3 is 2.43 bits per heavy atom. The van der Waals surface area contributed by atoms with Crippen LogP contribution in [-0.2, 0) is 13.1 Å². The fraction of sp³-hybridized carbons (Fsp3) is 0.467. The van der Waals surface area contributed by atoms with Gasteiger partial charge < -0.3 is 19.8 Å². The molecule has 0 radical (unpaired) electrons. The minimum Gasteiger partial charge on any atom is -0.497 e. The first-order chi connectivity index (χ1) is 9.96. The van der Waals surface area contributed by atoms with Gasteiger partial charge in [-0.1, -0.05) is 17.2 Å². The number of methoxy groups -OCH3 is 1. The van der Waals surface area contributed by atoms with Crippen molar-refractivity contribution in [3.05, 3.63) is 35.7 Å². The van der Waals surface area contributed by atoms with Crippen molar-refractivity contribution in [2.75, 3.05) is 12.4 Å². The van der Waals surface area contributed by atoms with Crippen LogP contribution in [0.15, 0.2) is 28.7 Å². The first kappa shape index (κ1) is 15.3. The van der Waals surface area contributed by atoms with E-state index in [2.05, 4.69) is 41.6 Å². The summed E-state index contributed by atoms with van der Waals surface area (Å²) in [5.41, 5.74) is 1.13. The van der Waals surface area contributed by atoms with Crippen LogP contribution in [0.1, 0.15) is 32.2 Å². The molecule has 6 heteroatoms. The van der Waals surface area contributed by atoms with Gasteiger partial charge in [0.25, 0.3) is 0 Å². The van der Waals surface area contributed by atoms with E-state index < -0.39 is 0 Å². The highest BCUT2D eigenvalue weighted by Gasteiger charge is 2.12. The van der Waals surface area contributed by atoms with Gasteiger partial charge in [-0.15, -0.1) is 5.10 Å². The van der Waals surface area contributed by atoms with Crippen LogP contribution in [0.25, 0.3) is 0 Å². The van der Waals surface area contributed by atoms with Crippen molar-refractivity contribution >= 4 is 6.01 Å². The molecule has 0 saturated carbocycles. The zero-order chi connectivity index (χ0) is 15.3. The molecule has 0 amide bonds. The van der Waals surface area contributed by atoms with E-state index in [0.29, 0.717) is 25.0 Å². The van der Waals surface area contributed by atoms with Crippen molar-refractivity contribution in [1.29, 1.82) is 0 Å². The number of rotatable bonds is 6. The van der Waals surface area contributed by atoms with Crippen LogP contribution in [0.5, 0.6) is 5.75 Å². The smallest absolute Gasteiger partial charge is 0.315 e. The largest absolute Gasteiger partial charge is 0.497 e. The van der Waals surface area contributed by atoms with Crippen LogP contribution in [-0.4, -0.2) is 22.8 Å². The average Bonchev–Trinajstić information content (AvgIpc) is 2.91. The minimum atomic E-state index is 0.0190. The van der Waals surface area contributed by atoms with E-state index in [0.717, 1.165) is 11.3 Å². The van der Waals surface area contributed by atoms with E-state index in [1.54, 1.807) is 7.11 Å². The van der Waals surface area contributed by atoms with Crippen molar-refractivity contribution in [2.45, 2.75) is 39.4 Å². The van der Waals surface area contributed by atoms with Crippen molar-refractivity contribution < 1.29 is 9.15 Å². The monoisotopic (exact) mass is 290 g/mol. The third kappa shape index (κ3) is 5.07. The lowest BCUT2D eigenvalue weighted by molar-refractivity contribution is 0.383. The molecule has 2 N–H and O–H groups in total. The van der Waals surface area contributed by atoms with Gasteiger partial charge in [-0.3, -0.25) is 0 Å². The number of ether oxygens (including phenoxy) is 1. The summed E-state index contributed by atoms with van der Waals surface area (Å²) in [6.07, 6.45) is 0. The first-order valence-electron chi connectivity index (χ1n) is 6.90. The lowest BCUT2D eigenvalue weighted by Gasteiger charge is -2.18. The number of hydrogen-bond donors (Lipinski definition) is 2. The van der Waals surface area contributed by atoms with E-state index in [9.17, 15) is 0 Å². The molecule has 0 aliphatic rings. The molecular weight excluding hydrogens is 268 g/mol. The zero-order valence-electron chi connectivity index (χ0n) is 12.9. The van der Waals surface area contributed by atoms with Crippen molar-refractivity contribution in [1.82, 2.24) is 15.5 Å². The standard InChI is InChI=1S/C15H22N4O2/c1-15(2,3)17-10-13-18-19-14(21-13)16-9-11-5-7-12(20-4)8-6-11/h5-8,17H,9-10H2,1-4H3,(H,16,19). The van der Waals surface area contributed by atoms with Crippen molar-refractivity contribution in [3.63, 3.8) is 0 Å². The molecule has 0 spiro atoms. The molecule has 2 rings (SSSR count). The summed E-state index contributed by atoms with van der Waals surface area (Å²) in [4.78, 5) is 0. The molecule has 1 aromatic heterocycles. The topological polar surface area (TPSA) is 72.2 Å². The zero-order valence-corrected chi connectivity index (χ0v) is 12.9. The minimum absolute atomic E-state index is 0.0190. The van der Waals surface area contributed by atoms with Crippen LogP contribution in [0.4, 0.5) is 6.01 Å². The van der Waals surface area contributed by atoms with Gasteiger partial charge in [0, 0.05) is 12.1 Å². The molecule has 2 aromatic rings. The summed E-state index contributed by atoms with van der Waals surface area (Å²) in [5, 5.41) is 14.4. The quantitative estimate of drug-likeness (QED) is 0.852. The molecular formula is C15H22N4O2. The third-order valence-corrected chi connectivity index (χ3v) is 2.84. The molecule has 6 nitrogen and oxygen atoms in total. The number of nitrogens with one attached hydrogen (secondary N) is 2. The Bertz CT molecular complexity index is 558. The highest BCUT2D eigenvalue weighted by atomic mass is 16.5. The molecule has 0 aliphatic carbocycles. The molecule has 0 fully saturated rings. The number of nitrogens with zero attached hydrogens (tertiary/aromatic N) is 2. The van der Waals surface area contributed by atoms with Gasteiger partial charge >= 0.3 is 6.01 Å². The maximum Gasteiger partial charge on any atom is 0.315 e. The van der Waals surface area contributed by atoms with Crippen LogP contribution in [0, 0.1) is 0 Å². The first-order valence-corrected chi connectivity index (χ1v) is 6.90. The number of anilines is 1. The predicted octanol–water partition coefficient (Wildman–Crippen LogP) is 2.58. The number of aromatic nitrogens is 2. The molecule has 0 bridgehead atoms. The Labute approximate surface area is 124 Å². The average molecular weight is 290 g/mol. The number of benzene rings is 1. The number of hydrogen-bond acceptors (Lipinski definition) is 6. The van der Waals surface area contributed by atoms with Crippen molar-refractivity contribution in [3.8, 4) is 5.75 Å². The van der Waals surface area contributed by atoms with E-state index in [-0.39, 0.29) is 5.54 Å². The lowest BCUT2D eigenvalue weighted by atomic mass is 10.1. The van der Waals surface area contributed by atoms with Gasteiger partial charge in [0.15, 0.2) is 0 Å². The second kappa shape index (κ2) is 6.58. The lowest BCUT2D eigenvalue weighted by Crippen LogP contribution is -2.35. The summed E-state index contributed by atoms with van der Waals surface area (Å²) in [6.45, 7) is 7.45. The Morgan fingerprint density at radius 1 is 1.10 bits per heavy atom. The van der Waals surface area contributed by atoms with Gasteiger partial charge in [-0.05, 0) is 38.5 Å². The Hall–Kier alpha value is -2.08. The van der Waals surface area contributed by atoms with E-state index in [4.69, 9.17) is 9.15 Å². The van der Waals surface area contributed by atoms with Crippen molar-refractivity contribution in [2.24, 2.45) is 0 Å². The van der Waals surface area contributed by atoms with E-state index in [1.165, 1.54) is 0 Å². The molecule has 21 heavy (non-hydrogen) atoms. The second-order valence-corrected chi connectivity index (χ2v) is 5.81. The Balaban J connectivity index is 1.84. The summed E-state index contributed by atoms with van der Waals surface area (Å²) in [7, 11) is 1.65. The summed E-state index contributed by atoms with van der Waals surface area (Å²) in [5.74, 6) is 1.41. The van der Waals surface area contributed by atoms with Gasteiger partial charge in [0.05, 0.1) is 13.7 Å². The predicted molar refractivity (Wildman–Crippen MR) is 81.2 cm³/mol. The maximum atomic E-state index is 5.53. The van der Waals surface area contributed by atoms with Gasteiger partial charge in [-0.25, -0.2) is 0 Å². The summed E-state index contributed by atoms with van der Waals surface area (Å²) >= 11 is 0. The van der Waals surface area contributed by atoms with Gasteiger partial charge in [-0.2, -0.15) is 0 Å². The molecule has 0 atom stereocenters. The van der Waals surface area contributed by atoms with Crippen LogP contribution in [0.3, 0.4) is 0 Å². The Morgan fingerprint density at radius 2 is 1.81 bits per heavy atom. The fourth-order valence-electron chi connectivity index (χ4n) is 1.66. The highest BCUT2D eigenvalue weighted by Crippen LogP contribution is 2.13. The highest BCUT2D eigenvalue weighted by molar-refractivity contribution is 5.29. The van der Waals surface area contributed by atoms with Crippen LogP contribution in [0.2, 0.25) is 0 Å². The van der Waals surface area contributed by atoms with Crippen LogP contribution >= 0.6 is 0 Å².